The maximum absolute atomic E-state index is 8.17. The topological polar surface area (TPSA) is 182 Å². The Bertz CT molecular complexity index is 395. The van der Waals surface area contributed by atoms with E-state index in [1.54, 1.807) is 25.7 Å². The normalized spacial score (nSPS) is 14.2. The van der Waals surface area contributed by atoms with Crippen LogP contribution in [0.5, 0.6) is 0 Å². The van der Waals surface area contributed by atoms with Crippen molar-refractivity contribution < 1.29 is 46.0 Å². The summed E-state index contributed by atoms with van der Waals surface area (Å²) in [5.74, 6) is 0. The van der Waals surface area contributed by atoms with Crippen molar-refractivity contribution in [3.8, 4) is 0 Å². The van der Waals surface area contributed by atoms with Crippen molar-refractivity contribution in [2.24, 2.45) is 5.41 Å². The van der Waals surface area contributed by atoms with Crippen LogP contribution < -0.4 is 0 Å². The van der Waals surface area contributed by atoms with Gasteiger partial charge in [-0.2, -0.15) is 0 Å². The molecule has 9 heteroatoms. The van der Waals surface area contributed by atoms with Gasteiger partial charge < -0.3 is 46.0 Å². The van der Waals surface area contributed by atoms with E-state index in [2.05, 4.69) is 13.8 Å². The van der Waals surface area contributed by atoms with Gasteiger partial charge in [-0.3, -0.25) is 0 Å². The first-order chi connectivity index (χ1) is 19.3. The van der Waals surface area contributed by atoms with Gasteiger partial charge in [-0.05, 0) is 31.1 Å². The molecule has 1 aliphatic rings. The Balaban J connectivity index is -0.000000615. The first-order valence-electron chi connectivity index (χ1n) is 15.9. The Hall–Kier alpha value is -0.360. The summed E-state index contributed by atoms with van der Waals surface area (Å²) < 4.78 is 0. The Labute approximate surface area is 245 Å². The van der Waals surface area contributed by atoms with Crippen LogP contribution in [0.2, 0.25) is 0 Å². The number of aliphatic hydroxyl groups is 9. The standard InChI is InChI=1S/C22H44.3C3H8O3/c1-3-5-7-9-11-14-18-22(20-16-13-17-21-22)19-15-12-10-8-6-4-2;3*4-1-3(6)2-5/h3-21H2,1-2H3;3*3-6H,1-2H2. The van der Waals surface area contributed by atoms with E-state index in [0.29, 0.717) is 0 Å². The smallest absolute Gasteiger partial charge is 0.100 e. The van der Waals surface area contributed by atoms with E-state index in [9.17, 15) is 0 Å². The molecular formula is C31H68O9. The molecule has 0 bridgehead atoms. The molecule has 0 radical (unpaired) electrons. The minimum absolute atomic E-state index is 0.365. The van der Waals surface area contributed by atoms with Crippen LogP contribution in [0.25, 0.3) is 0 Å². The van der Waals surface area contributed by atoms with E-state index >= 15 is 0 Å². The predicted molar refractivity (Wildman–Crippen MR) is 162 cm³/mol. The second-order valence-corrected chi connectivity index (χ2v) is 11.2. The van der Waals surface area contributed by atoms with Gasteiger partial charge in [0.05, 0.1) is 39.6 Å². The van der Waals surface area contributed by atoms with Crippen LogP contribution >= 0.6 is 0 Å². The highest BCUT2D eigenvalue weighted by atomic mass is 16.4. The van der Waals surface area contributed by atoms with Gasteiger partial charge in [0.1, 0.15) is 18.3 Å². The maximum Gasteiger partial charge on any atom is 0.100 e. The van der Waals surface area contributed by atoms with Gasteiger partial charge in [0, 0.05) is 0 Å². The van der Waals surface area contributed by atoms with Gasteiger partial charge in [0.2, 0.25) is 0 Å². The van der Waals surface area contributed by atoms with Gasteiger partial charge in [-0.15, -0.1) is 0 Å². The van der Waals surface area contributed by atoms with Gasteiger partial charge in [0.25, 0.3) is 0 Å². The molecule has 0 aliphatic heterocycles. The predicted octanol–water partition coefficient (Wildman–Crippen LogP) is 3.43. The number of rotatable bonds is 20. The molecule has 0 saturated heterocycles. The average molecular weight is 585 g/mol. The highest BCUT2D eigenvalue weighted by Gasteiger charge is 2.30. The molecular weight excluding hydrogens is 516 g/mol. The van der Waals surface area contributed by atoms with Crippen molar-refractivity contribution in [1.82, 2.24) is 0 Å². The second kappa shape index (κ2) is 34.8. The molecule has 246 valence electrons. The summed E-state index contributed by atoms with van der Waals surface area (Å²) in [7, 11) is 0. The number of hydrogen-bond acceptors (Lipinski definition) is 9. The van der Waals surface area contributed by atoms with Crippen molar-refractivity contribution in [1.29, 1.82) is 0 Å². The molecule has 9 nitrogen and oxygen atoms in total. The fourth-order valence-electron chi connectivity index (χ4n) is 4.66. The summed E-state index contributed by atoms with van der Waals surface area (Å²) in [5, 5.41) is 72.0. The minimum atomic E-state index is -0.954. The molecule has 1 rings (SSSR count). The van der Waals surface area contributed by atoms with Crippen molar-refractivity contribution in [2.45, 2.75) is 154 Å². The molecule has 0 aromatic rings. The minimum Gasteiger partial charge on any atom is -0.394 e. The van der Waals surface area contributed by atoms with Crippen LogP contribution in [0.3, 0.4) is 0 Å². The highest BCUT2D eigenvalue weighted by Crippen LogP contribution is 2.44. The Kier molecular flexibility index (Phi) is 38.4. The molecule has 0 atom stereocenters. The zero-order valence-corrected chi connectivity index (χ0v) is 25.9. The summed E-state index contributed by atoms with van der Waals surface area (Å²) in [6, 6.07) is 0. The van der Waals surface area contributed by atoms with Crippen LogP contribution in [-0.4, -0.2) is 104 Å². The monoisotopic (exact) mass is 584 g/mol. The Morgan fingerprint density at radius 2 is 0.700 bits per heavy atom. The fraction of sp³-hybridized carbons (Fsp3) is 1.00. The number of aliphatic hydroxyl groups excluding tert-OH is 9. The van der Waals surface area contributed by atoms with Crippen molar-refractivity contribution in [3.05, 3.63) is 0 Å². The summed E-state index contributed by atoms with van der Waals surface area (Å²) in [6.45, 7) is 2.45. The number of hydrogen-bond donors (Lipinski definition) is 9. The molecule has 40 heavy (non-hydrogen) atoms. The summed E-state index contributed by atoms with van der Waals surface area (Å²) in [5.41, 5.74) is 0.772. The molecule has 0 heterocycles. The highest BCUT2D eigenvalue weighted by molar-refractivity contribution is 4.83. The first-order valence-corrected chi connectivity index (χ1v) is 15.9. The first kappa shape index (κ1) is 44.1. The Morgan fingerprint density at radius 1 is 0.425 bits per heavy atom. The van der Waals surface area contributed by atoms with E-state index in [4.69, 9.17) is 46.0 Å². The summed E-state index contributed by atoms with van der Waals surface area (Å²) in [4.78, 5) is 0. The molecule has 1 aliphatic carbocycles. The largest absolute Gasteiger partial charge is 0.394 e. The fourth-order valence-corrected chi connectivity index (χ4v) is 4.66. The molecule has 1 fully saturated rings. The summed E-state index contributed by atoms with van der Waals surface area (Å²) in [6.07, 6.45) is 25.5. The van der Waals surface area contributed by atoms with Gasteiger partial charge in [-0.25, -0.2) is 0 Å². The molecule has 9 N–H and O–H groups in total. The third-order valence-corrected chi connectivity index (χ3v) is 7.30. The SMILES string of the molecule is CCCCCCCCC1(CCCCCCCC)CCCCC1.OCC(O)CO.OCC(O)CO.OCC(O)CO. The van der Waals surface area contributed by atoms with E-state index < -0.39 is 18.3 Å². The van der Waals surface area contributed by atoms with E-state index in [0.717, 1.165) is 5.41 Å². The van der Waals surface area contributed by atoms with Crippen molar-refractivity contribution >= 4 is 0 Å². The van der Waals surface area contributed by atoms with Gasteiger partial charge in [-0.1, -0.05) is 110 Å². The van der Waals surface area contributed by atoms with Crippen molar-refractivity contribution in [3.63, 3.8) is 0 Å². The van der Waals surface area contributed by atoms with Crippen LogP contribution in [0.4, 0.5) is 0 Å². The number of unbranched alkanes of at least 4 members (excludes halogenated alkanes) is 10. The van der Waals surface area contributed by atoms with Gasteiger partial charge in [0.15, 0.2) is 0 Å². The lowest BCUT2D eigenvalue weighted by Gasteiger charge is -2.38. The lowest BCUT2D eigenvalue weighted by molar-refractivity contribution is 0.0450. The van der Waals surface area contributed by atoms with Crippen LogP contribution in [0.15, 0.2) is 0 Å². The average Bonchev–Trinajstić information content (AvgIpc) is 3.00. The van der Waals surface area contributed by atoms with Crippen LogP contribution in [0.1, 0.15) is 136 Å². The second-order valence-electron chi connectivity index (χ2n) is 11.2. The van der Waals surface area contributed by atoms with Gasteiger partial charge >= 0.3 is 0 Å². The third-order valence-electron chi connectivity index (χ3n) is 7.30. The quantitative estimate of drug-likeness (QED) is 0.0968. The van der Waals surface area contributed by atoms with E-state index in [-0.39, 0.29) is 39.6 Å². The Morgan fingerprint density at radius 3 is 0.950 bits per heavy atom. The molecule has 0 unspecified atom stereocenters. The lowest BCUT2D eigenvalue weighted by atomic mass is 9.68. The lowest BCUT2D eigenvalue weighted by Crippen LogP contribution is -2.24. The van der Waals surface area contributed by atoms with Crippen LogP contribution in [-0.2, 0) is 0 Å². The molecule has 0 amide bonds. The molecule has 0 spiro atoms. The molecule has 1 saturated carbocycles. The van der Waals surface area contributed by atoms with Crippen LogP contribution in [0, 0.1) is 5.41 Å². The zero-order valence-electron chi connectivity index (χ0n) is 25.9. The third kappa shape index (κ3) is 32.2. The summed E-state index contributed by atoms with van der Waals surface area (Å²) >= 11 is 0. The van der Waals surface area contributed by atoms with E-state index in [1.807, 2.05) is 0 Å². The zero-order chi connectivity index (χ0) is 30.9. The molecule has 0 aromatic carbocycles. The molecule has 0 aromatic heterocycles. The maximum atomic E-state index is 8.17. The van der Waals surface area contributed by atoms with Crippen molar-refractivity contribution in [2.75, 3.05) is 39.6 Å². The van der Waals surface area contributed by atoms with E-state index in [1.165, 1.54) is 96.3 Å².